The molecule has 0 saturated carbocycles. The number of anilines is 2. The average Bonchev–Trinajstić information content (AvgIpc) is 3.00. The summed E-state index contributed by atoms with van der Waals surface area (Å²) in [6, 6.07) is 28.6. The Morgan fingerprint density at radius 1 is 0.884 bits per heavy atom. The molecule has 0 fully saturated rings. The van der Waals surface area contributed by atoms with Gasteiger partial charge in [0.2, 0.25) is 5.91 Å². The molecule has 0 heterocycles. The molecule has 3 amide bonds. The van der Waals surface area contributed by atoms with E-state index in [0.29, 0.717) is 34.1 Å². The normalized spacial score (nSPS) is 11.8. The number of amides is 3. The van der Waals surface area contributed by atoms with Crippen molar-refractivity contribution in [1.29, 1.82) is 0 Å². The molecule has 0 aliphatic carbocycles. The molecule has 1 unspecified atom stereocenters. The zero-order chi connectivity index (χ0) is 30.8. The van der Waals surface area contributed by atoms with Crippen molar-refractivity contribution in [2.24, 2.45) is 0 Å². The van der Waals surface area contributed by atoms with E-state index in [1.54, 1.807) is 66.7 Å². The summed E-state index contributed by atoms with van der Waals surface area (Å²) in [4.78, 5) is 40.3. The first kappa shape index (κ1) is 31.4. The molecular formula is C34H32ClN3O4S. The number of nitrogens with one attached hydrogen (secondary N) is 3. The van der Waals surface area contributed by atoms with Crippen molar-refractivity contribution in [3.63, 3.8) is 0 Å². The zero-order valence-electron chi connectivity index (χ0n) is 24.0. The number of methoxy groups -OCH3 is 1. The largest absolute Gasteiger partial charge is 0.495 e. The molecule has 43 heavy (non-hydrogen) atoms. The standard InChI is InChI=1S/C34H32ClN3O4S/c1-4-31(34(41)37-26-16-17-30(42-3)28(35)21-26)43-27-15-9-14-25(20-27)36-33(40)29(19-23-11-8-10-22(2)18-23)38-32(39)24-12-6-5-7-13-24/h5-21,31H,4H2,1-3H3,(H,36,40)(H,37,41)(H,38,39)/b29-19+. The molecule has 0 spiro atoms. The van der Waals surface area contributed by atoms with Crippen LogP contribution in [0.4, 0.5) is 11.4 Å². The van der Waals surface area contributed by atoms with Crippen LogP contribution in [0.25, 0.3) is 6.08 Å². The Bertz CT molecular complexity index is 1640. The van der Waals surface area contributed by atoms with Gasteiger partial charge in [0, 0.05) is 21.8 Å². The van der Waals surface area contributed by atoms with Crippen LogP contribution in [0.15, 0.2) is 108 Å². The van der Waals surface area contributed by atoms with Crippen molar-refractivity contribution in [2.75, 3.05) is 17.7 Å². The van der Waals surface area contributed by atoms with Gasteiger partial charge in [-0.25, -0.2) is 0 Å². The molecule has 7 nitrogen and oxygen atoms in total. The van der Waals surface area contributed by atoms with Gasteiger partial charge in [-0.05, 0) is 73.5 Å². The number of carbonyl (C=O) groups excluding carboxylic acids is 3. The number of halogens is 1. The summed E-state index contributed by atoms with van der Waals surface area (Å²) >= 11 is 7.59. The van der Waals surface area contributed by atoms with Crippen molar-refractivity contribution in [3.05, 3.63) is 124 Å². The number of aryl methyl sites for hydroxylation is 1. The number of hydrogen-bond acceptors (Lipinski definition) is 5. The molecule has 0 aromatic heterocycles. The van der Waals surface area contributed by atoms with Gasteiger partial charge in [-0.1, -0.05) is 72.6 Å². The van der Waals surface area contributed by atoms with Crippen molar-refractivity contribution in [2.45, 2.75) is 30.4 Å². The maximum absolute atomic E-state index is 13.5. The molecule has 0 aliphatic rings. The van der Waals surface area contributed by atoms with E-state index >= 15 is 0 Å². The van der Waals surface area contributed by atoms with Gasteiger partial charge in [-0.3, -0.25) is 14.4 Å². The minimum Gasteiger partial charge on any atom is -0.495 e. The molecule has 0 bridgehead atoms. The third-order valence-electron chi connectivity index (χ3n) is 6.33. The lowest BCUT2D eigenvalue weighted by Gasteiger charge is -2.16. The molecule has 0 aliphatic heterocycles. The highest BCUT2D eigenvalue weighted by atomic mass is 35.5. The van der Waals surface area contributed by atoms with Gasteiger partial charge < -0.3 is 20.7 Å². The minimum absolute atomic E-state index is 0.0986. The van der Waals surface area contributed by atoms with Crippen LogP contribution in [0.2, 0.25) is 5.02 Å². The second-order valence-electron chi connectivity index (χ2n) is 9.63. The lowest BCUT2D eigenvalue weighted by atomic mass is 10.1. The van der Waals surface area contributed by atoms with E-state index in [1.807, 2.05) is 50.2 Å². The number of hydrogen-bond donors (Lipinski definition) is 3. The molecular weight excluding hydrogens is 582 g/mol. The van der Waals surface area contributed by atoms with E-state index in [2.05, 4.69) is 16.0 Å². The van der Waals surface area contributed by atoms with Crippen molar-refractivity contribution >= 4 is 58.5 Å². The van der Waals surface area contributed by atoms with Crippen LogP contribution >= 0.6 is 23.4 Å². The van der Waals surface area contributed by atoms with Gasteiger partial charge in [-0.15, -0.1) is 11.8 Å². The maximum Gasteiger partial charge on any atom is 0.272 e. The van der Waals surface area contributed by atoms with Gasteiger partial charge in [0.05, 0.1) is 17.4 Å². The fourth-order valence-corrected chi connectivity index (χ4v) is 5.44. The van der Waals surface area contributed by atoms with Crippen molar-refractivity contribution < 1.29 is 19.1 Å². The van der Waals surface area contributed by atoms with E-state index < -0.39 is 17.1 Å². The Balaban J connectivity index is 1.49. The number of thioether (sulfide) groups is 1. The Hall–Kier alpha value is -4.53. The summed E-state index contributed by atoms with van der Waals surface area (Å²) in [6.45, 7) is 3.89. The third kappa shape index (κ3) is 8.98. The minimum atomic E-state index is -0.478. The van der Waals surface area contributed by atoms with Crippen LogP contribution in [0, 0.1) is 6.92 Å². The second-order valence-corrected chi connectivity index (χ2v) is 11.3. The Labute approximate surface area is 260 Å². The first-order valence-electron chi connectivity index (χ1n) is 13.6. The summed E-state index contributed by atoms with van der Waals surface area (Å²) in [5, 5.41) is 8.57. The summed E-state index contributed by atoms with van der Waals surface area (Å²) in [7, 11) is 1.53. The summed E-state index contributed by atoms with van der Waals surface area (Å²) < 4.78 is 5.18. The van der Waals surface area contributed by atoms with Gasteiger partial charge in [-0.2, -0.15) is 0 Å². The van der Waals surface area contributed by atoms with E-state index in [0.717, 1.165) is 16.0 Å². The molecule has 3 N–H and O–H groups in total. The highest BCUT2D eigenvalue weighted by Gasteiger charge is 2.20. The van der Waals surface area contributed by atoms with Gasteiger partial charge in [0.15, 0.2) is 0 Å². The van der Waals surface area contributed by atoms with Crippen LogP contribution in [-0.2, 0) is 9.59 Å². The highest BCUT2D eigenvalue weighted by Crippen LogP contribution is 2.31. The third-order valence-corrected chi connectivity index (χ3v) is 7.99. The van der Waals surface area contributed by atoms with Crippen LogP contribution in [-0.4, -0.2) is 30.1 Å². The van der Waals surface area contributed by atoms with E-state index in [-0.39, 0.29) is 11.6 Å². The molecule has 4 rings (SSSR count). The predicted octanol–water partition coefficient (Wildman–Crippen LogP) is 7.58. The molecule has 0 radical (unpaired) electrons. The zero-order valence-corrected chi connectivity index (χ0v) is 25.6. The lowest BCUT2D eigenvalue weighted by Crippen LogP contribution is -2.30. The monoisotopic (exact) mass is 613 g/mol. The number of ether oxygens (including phenoxy) is 1. The average molecular weight is 614 g/mol. The van der Waals surface area contributed by atoms with E-state index in [1.165, 1.54) is 18.9 Å². The second kappa shape index (κ2) is 15.1. The smallest absolute Gasteiger partial charge is 0.272 e. The van der Waals surface area contributed by atoms with Gasteiger partial charge in [0.1, 0.15) is 11.4 Å². The Morgan fingerprint density at radius 3 is 2.33 bits per heavy atom. The number of rotatable bonds is 11. The fourth-order valence-electron chi connectivity index (χ4n) is 4.17. The molecule has 0 saturated heterocycles. The first-order valence-corrected chi connectivity index (χ1v) is 14.9. The van der Waals surface area contributed by atoms with Crippen molar-refractivity contribution in [3.8, 4) is 5.75 Å². The van der Waals surface area contributed by atoms with Crippen LogP contribution in [0.5, 0.6) is 5.75 Å². The maximum atomic E-state index is 13.5. The molecule has 4 aromatic carbocycles. The van der Waals surface area contributed by atoms with Crippen LogP contribution in [0.1, 0.15) is 34.8 Å². The quantitative estimate of drug-likeness (QED) is 0.120. The summed E-state index contributed by atoms with van der Waals surface area (Å²) in [5.74, 6) is -0.519. The predicted molar refractivity (Wildman–Crippen MR) is 175 cm³/mol. The number of benzene rings is 4. The topological polar surface area (TPSA) is 96.5 Å². The molecule has 220 valence electrons. The molecule has 9 heteroatoms. The number of carbonyl (C=O) groups is 3. The molecule has 1 atom stereocenters. The lowest BCUT2D eigenvalue weighted by molar-refractivity contribution is -0.116. The highest BCUT2D eigenvalue weighted by molar-refractivity contribution is 8.00. The van der Waals surface area contributed by atoms with Gasteiger partial charge in [0.25, 0.3) is 11.8 Å². The summed E-state index contributed by atoms with van der Waals surface area (Å²) in [6.07, 6.45) is 2.22. The van der Waals surface area contributed by atoms with Crippen LogP contribution < -0.4 is 20.7 Å². The fraction of sp³-hybridized carbons (Fsp3) is 0.147. The van der Waals surface area contributed by atoms with E-state index in [9.17, 15) is 14.4 Å². The van der Waals surface area contributed by atoms with Crippen LogP contribution in [0.3, 0.4) is 0 Å². The Kier molecular flexibility index (Phi) is 11.0. The first-order chi connectivity index (χ1) is 20.7. The molecule has 4 aromatic rings. The van der Waals surface area contributed by atoms with Gasteiger partial charge >= 0.3 is 0 Å². The Morgan fingerprint density at radius 2 is 1.63 bits per heavy atom. The summed E-state index contributed by atoms with van der Waals surface area (Å²) in [5.41, 5.74) is 3.43. The van der Waals surface area contributed by atoms with E-state index in [4.69, 9.17) is 16.3 Å². The van der Waals surface area contributed by atoms with Crippen molar-refractivity contribution in [1.82, 2.24) is 5.32 Å². The SMILES string of the molecule is CCC(Sc1cccc(NC(=O)/C(=C\c2cccc(C)c2)NC(=O)c2ccccc2)c1)C(=O)Nc1ccc(OC)c(Cl)c1.